The number of hydrogen-bond acceptors (Lipinski definition) is 4. The monoisotopic (exact) mass is 259 g/mol. The minimum atomic E-state index is -3.66. The van der Waals surface area contributed by atoms with Gasteiger partial charge >= 0.3 is 0 Å². The number of nitrogens with one attached hydrogen (secondary N) is 1. The SMILES string of the molecule is CCC(CO)NS(=O)(=O)c1ccccc1OC. The van der Waals surface area contributed by atoms with Gasteiger partial charge in [0.1, 0.15) is 10.6 Å². The van der Waals surface area contributed by atoms with Crippen LogP contribution in [0, 0.1) is 0 Å². The van der Waals surface area contributed by atoms with Gasteiger partial charge in [-0.15, -0.1) is 0 Å². The van der Waals surface area contributed by atoms with Crippen LogP contribution in [0.5, 0.6) is 5.75 Å². The largest absolute Gasteiger partial charge is 0.495 e. The van der Waals surface area contributed by atoms with Crippen molar-refractivity contribution in [3.8, 4) is 5.75 Å². The van der Waals surface area contributed by atoms with Gasteiger partial charge in [-0.05, 0) is 18.6 Å². The first-order valence-electron chi connectivity index (χ1n) is 5.31. The number of para-hydroxylation sites is 1. The lowest BCUT2D eigenvalue weighted by Crippen LogP contribution is -2.37. The summed E-state index contributed by atoms with van der Waals surface area (Å²) in [5, 5.41) is 9.00. The molecule has 0 aliphatic rings. The second-order valence-corrected chi connectivity index (χ2v) is 5.24. The van der Waals surface area contributed by atoms with E-state index in [0.717, 1.165) is 0 Å². The van der Waals surface area contributed by atoms with E-state index in [1.165, 1.54) is 13.2 Å². The Balaban J connectivity index is 3.04. The third-order valence-corrected chi connectivity index (χ3v) is 3.95. The molecular formula is C11H17NO4S. The molecule has 1 aromatic carbocycles. The molecule has 6 heteroatoms. The van der Waals surface area contributed by atoms with Gasteiger partial charge in [-0.3, -0.25) is 0 Å². The minimum Gasteiger partial charge on any atom is -0.495 e. The van der Waals surface area contributed by atoms with Gasteiger partial charge in [-0.25, -0.2) is 13.1 Å². The van der Waals surface area contributed by atoms with Crippen LogP contribution >= 0.6 is 0 Å². The van der Waals surface area contributed by atoms with E-state index in [2.05, 4.69) is 4.72 Å². The molecule has 0 aliphatic heterocycles. The summed E-state index contributed by atoms with van der Waals surface area (Å²) in [5.74, 6) is 0.285. The zero-order chi connectivity index (χ0) is 12.9. The first-order valence-corrected chi connectivity index (χ1v) is 6.79. The van der Waals surface area contributed by atoms with E-state index < -0.39 is 16.1 Å². The number of benzene rings is 1. The number of sulfonamides is 1. The van der Waals surface area contributed by atoms with Crippen LogP contribution in [0.3, 0.4) is 0 Å². The molecule has 5 nitrogen and oxygen atoms in total. The van der Waals surface area contributed by atoms with Gasteiger partial charge in [0, 0.05) is 6.04 Å². The summed E-state index contributed by atoms with van der Waals surface area (Å²) in [7, 11) is -2.25. The Bertz CT molecular complexity index is 454. The molecule has 0 saturated carbocycles. The maximum atomic E-state index is 12.0. The van der Waals surface area contributed by atoms with Crippen molar-refractivity contribution in [2.24, 2.45) is 0 Å². The number of aliphatic hydroxyl groups is 1. The molecule has 0 saturated heterocycles. The molecule has 0 bridgehead atoms. The first-order chi connectivity index (χ1) is 8.05. The predicted molar refractivity (Wildman–Crippen MR) is 64.5 cm³/mol. The third-order valence-electron chi connectivity index (χ3n) is 2.39. The van der Waals surface area contributed by atoms with Crippen LogP contribution in [0.2, 0.25) is 0 Å². The molecule has 0 spiro atoms. The Kier molecular flexibility index (Phi) is 4.92. The molecule has 0 fully saturated rings. The van der Waals surface area contributed by atoms with Gasteiger partial charge < -0.3 is 9.84 Å². The standard InChI is InChI=1S/C11H17NO4S/c1-3-9(8-13)12-17(14,15)11-7-5-4-6-10(11)16-2/h4-7,9,12-13H,3,8H2,1-2H3. The average Bonchev–Trinajstić information content (AvgIpc) is 2.35. The smallest absolute Gasteiger partial charge is 0.244 e. The number of ether oxygens (including phenoxy) is 1. The molecule has 0 amide bonds. The Morgan fingerprint density at radius 3 is 2.59 bits per heavy atom. The van der Waals surface area contributed by atoms with E-state index in [1.807, 2.05) is 0 Å². The summed E-state index contributed by atoms with van der Waals surface area (Å²) in [6.45, 7) is 1.57. The van der Waals surface area contributed by atoms with Crippen LogP contribution in [0.4, 0.5) is 0 Å². The van der Waals surface area contributed by atoms with Crippen molar-refractivity contribution in [1.29, 1.82) is 0 Å². The van der Waals surface area contributed by atoms with Crippen LogP contribution in [-0.4, -0.2) is 33.3 Å². The van der Waals surface area contributed by atoms with Gasteiger partial charge in [0.25, 0.3) is 0 Å². The Morgan fingerprint density at radius 2 is 2.06 bits per heavy atom. The van der Waals surface area contributed by atoms with E-state index in [4.69, 9.17) is 9.84 Å². The number of aliphatic hydroxyl groups excluding tert-OH is 1. The number of rotatable bonds is 6. The number of hydrogen-bond donors (Lipinski definition) is 2. The molecule has 1 rings (SSSR count). The predicted octanol–water partition coefficient (Wildman–Crippen LogP) is 0.744. The Hall–Kier alpha value is -1.11. The summed E-state index contributed by atoms with van der Waals surface area (Å²) in [6, 6.07) is 5.88. The quantitative estimate of drug-likeness (QED) is 0.790. The molecule has 0 aliphatic carbocycles. The highest BCUT2D eigenvalue weighted by atomic mass is 32.2. The first kappa shape index (κ1) is 14.0. The van der Waals surface area contributed by atoms with Gasteiger partial charge in [-0.2, -0.15) is 0 Å². The summed E-state index contributed by atoms with van der Waals surface area (Å²) in [4.78, 5) is 0.0781. The van der Waals surface area contributed by atoms with Gasteiger partial charge in [0.2, 0.25) is 10.0 Å². The van der Waals surface area contributed by atoms with Crippen LogP contribution in [0.1, 0.15) is 13.3 Å². The lowest BCUT2D eigenvalue weighted by molar-refractivity contribution is 0.253. The van der Waals surface area contributed by atoms with E-state index in [9.17, 15) is 8.42 Å². The molecule has 2 N–H and O–H groups in total. The molecular weight excluding hydrogens is 242 g/mol. The summed E-state index contributed by atoms with van der Waals surface area (Å²) >= 11 is 0. The van der Waals surface area contributed by atoms with Crippen molar-refractivity contribution in [2.45, 2.75) is 24.3 Å². The lowest BCUT2D eigenvalue weighted by Gasteiger charge is -2.15. The van der Waals surface area contributed by atoms with Crippen LogP contribution < -0.4 is 9.46 Å². The van der Waals surface area contributed by atoms with E-state index in [0.29, 0.717) is 6.42 Å². The highest BCUT2D eigenvalue weighted by Gasteiger charge is 2.21. The van der Waals surface area contributed by atoms with Crippen molar-refractivity contribution in [3.63, 3.8) is 0 Å². The van der Waals surface area contributed by atoms with E-state index in [-0.39, 0.29) is 17.3 Å². The highest BCUT2D eigenvalue weighted by molar-refractivity contribution is 7.89. The third kappa shape index (κ3) is 3.42. The molecule has 0 aromatic heterocycles. The highest BCUT2D eigenvalue weighted by Crippen LogP contribution is 2.22. The normalized spacial score (nSPS) is 13.4. The van der Waals surface area contributed by atoms with Crippen LogP contribution in [-0.2, 0) is 10.0 Å². The van der Waals surface area contributed by atoms with E-state index in [1.54, 1.807) is 25.1 Å². The maximum Gasteiger partial charge on any atom is 0.244 e. The molecule has 0 radical (unpaired) electrons. The zero-order valence-corrected chi connectivity index (χ0v) is 10.7. The molecule has 17 heavy (non-hydrogen) atoms. The number of methoxy groups -OCH3 is 1. The molecule has 0 heterocycles. The van der Waals surface area contributed by atoms with E-state index >= 15 is 0 Å². The molecule has 1 aromatic rings. The minimum absolute atomic E-state index is 0.0781. The van der Waals surface area contributed by atoms with Gasteiger partial charge in [0.05, 0.1) is 13.7 Å². The molecule has 96 valence electrons. The fourth-order valence-corrected chi connectivity index (χ4v) is 2.85. The molecule has 1 atom stereocenters. The average molecular weight is 259 g/mol. The van der Waals surface area contributed by atoms with Gasteiger partial charge in [0.15, 0.2) is 0 Å². The zero-order valence-electron chi connectivity index (χ0n) is 9.88. The summed E-state index contributed by atoms with van der Waals surface area (Å²) in [6.07, 6.45) is 0.519. The lowest BCUT2D eigenvalue weighted by atomic mass is 10.3. The Morgan fingerprint density at radius 1 is 1.41 bits per heavy atom. The van der Waals surface area contributed by atoms with Crippen molar-refractivity contribution >= 4 is 10.0 Å². The fourth-order valence-electron chi connectivity index (χ4n) is 1.37. The second-order valence-electron chi connectivity index (χ2n) is 3.56. The second kappa shape index (κ2) is 6.00. The summed E-state index contributed by atoms with van der Waals surface area (Å²) < 4.78 is 31.5. The molecule has 1 unspecified atom stereocenters. The van der Waals surface area contributed by atoms with Crippen LogP contribution in [0.25, 0.3) is 0 Å². The van der Waals surface area contributed by atoms with Crippen molar-refractivity contribution < 1.29 is 18.3 Å². The Labute approximate surface area is 101 Å². The van der Waals surface area contributed by atoms with Crippen molar-refractivity contribution in [1.82, 2.24) is 4.72 Å². The summed E-state index contributed by atoms with van der Waals surface area (Å²) in [5.41, 5.74) is 0. The fraction of sp³-hybridized carbons (Fsp3) is 0.455. The van der Waals surface area contributed by atoms with Crippen LogP contribution in [0.15, 0.2) is 29.2 Å². The van der Waals surface area contributed by atoms with Crippen molar-refractivity contribution in [3.05, 3.63) is 24.3 Å². The van der Waals surface area contributed by atoms with Crippen molar-refractivity contribution in [2.75, 3.05) is 13.7 Å². The topological polar surface area (TPSA) is 75.6 Å². The van der Waals surface area contributed by atoms with Gasteiger partial charge in [-0.1, -0.05) is 19.1 Å². The maximum absolute atomic E-state index is 12.0.